The maximum Gasteiger partial charge on any atom is 0.0695 e. The second kappa shape index (κ2) is 5.41. The summed E-state index contributed by atoms with van der Waals surface area (Å²) in [6, 6.07) is 4.07. The van der Waals surface area contributed by atoms with E-state index in [0.29, 0.717) is 5.92 Å². The van der Waals surface area contributed by atoms with Gasteiger partial charge in [-0.1, -0.05) is 6.92 Å². The Morgan fingerprint density at radius 3 is 2.69 bits per heavy atom. The van der Waals surface area contributed by atoms with Crippen LogP contribution in [0.1, 0.15) is 25.3 Å². The molecule has 3 nitrogen and oxygen atoms in total. The predicted octanol–water partition coefficient (Wildman–Crippen LogP) is 1.67. The van der Waals surface area contributed by atoms with Gasteiger partial charge in [0, 0.05) is 25.5 Å². The van der Waals surface area contributed by atoms with E-state index in [2.05, 4.69) is 16.8 Å². The molecule has 1 heterocycles. The normalized spacial score (nSPS) is 17.7. The Morgan fingerprint density at radius 1 is 1.44 bits per heavy atom. The average molecular weight is 220 g/mol. The molecule has 1 fully saturated rings. The highest BCUT2D eigenvalue weighted by Gasteiger charge is 2.30. The van der Waals surface area contributed by atoms with Gasteiger partial charge in [-0.25, -0.2) is 0 Å². The summed E-state index contributed by atoms with van der Waals surface area (Å²) in [5, 5.41) is 9.91. The minimum absolute atomic E-state index is 0.137. The molecule has 88 valence electrons. The lowest BCUT2D eigenvalue weighted by Gasteiger charge is -2.23. The molecule has 0 aliphatic heterocycles. The molecule has 1 aromatic heterocycles. The van der Waals surface area contributed by atoms with Gasteiger partial charge in [0.2, 0.25) is 0 Å². The molecule has 1 saturated carbocycles. The van der Waals surface area contributed by atoms with E-state index in [1.54, 1.807) is 0 Å². The van der Waals surface area contributed by atoms with Crippen LogP contribution >= 0.6 is 0 Å². The molecule has 1 N–H and O–H groups in total. The zero-order valence-electron chi connectivity index (χ0n) is 9.84. The predicted molar refractivity (Wildman–Crippen MR) is 63.9 cm³/mol. The molecular formula is C13H20N2O. The summed E-state index contributed by atoms with van der Waals surface area (Å²) in [4.78, 5) is 6.30. The topological polar surface area (TPSA) is 36.4 Å². The molecule has 1 atom stereocenters. The maximum atomic E-state index is 9.91. The summed E-state index contributed by atoms with van der Waals surface area (Å²) in [6.45, 7) is 4.82. The minimum atomic E-state index is -0.137. The fourth-order valence-electron chi connectivity index (χ4n) is 1.95. The number of hydrogen-bond donors (Lipinski definition) is 1. The number of aliphatic hydroxyl groups is 1. The maximum absolute atomic E-state index is 9.91. The Bertz CT molecular complexity index is 311. The highest BCUT2D eigenvalue weighted by atomic mass is 16.3. The molecule has 1 unspecified atom stereocenters. The first-order valence-corrected chi connectivity index (χ1v) is 6.09. The first kappa shape index (κ1) is 11.6. The molecule has 0 radical (unpaired) electrons. The molecule has 3 heteroatoms. The lowest BCUT2D eigenvalue weighted by atomic mass is 10.2. The second-order valence-corrected chi connectivity index (χ2v) is 4.59. The zero-order chi connectivity index (χ0) is 11.4. The summed E-state index contributed by atoms with van der Waals surface area (Å²) < 4.78 is 0. The van der Waals surface area contributed by atoms with Gasteiger partial charge in [-0.3, -0.25) is 9.88 Å². The van der Waals surface area contributed by atoms with Crippen molar-refractivity contribution in [3.05, 3.63) is 30.1 Å². The van der Waals surface area contributed by atoms with Crippen molar-refractivity contribution in [3.63, 3.8) is 0 Å². The Morgan fingerprint density at radius 2 is 2.12 bits per heavy atom. The van der Waals surface area contributed by atoms with Gasteiger partial charge < -0.3 is 5.11 Å². The Labute approximate surface area is 97.1 Å². The van der Waals surface area contributed by atoms with Crippen LogP contribution in [-0.4, -0.2) is 34.2 Å². The average Bonchev–Trinajstić information content (AvgIpc) is 3.13. The van der Waals surface area contributed by atoms with Crippen LogP contribution in [-0.2, 0) is 6.54 Å². The third-order valence-corrected chi connectivity index (χ3v) is 3.21. The fraction of sp³-hybridized carbons (Fsp3) is 0.615. The molecule has 0 saturated heterocycles. The zero-order valence-corrected chi connectivity index (χ0v) is 9.84. The molecular weight excluding hydrogens is 200 g/mol. The number of aromatic nitrogens is 1. The molecule has 0 aromatic carbocycles. The summed E-state index contributed by atoms with van der Waals surface area (Å²) >= 11 is 0. The van der Waals surface area contributed by atoms with Crippen LogP contribution in [0.5, 0.6) is 0 Å². The van der Waals surface area contributed by atoms with Crippen LogP contribution < -0.4 is 0 Å². The third-order valence-electron chi connectivity index (χ3n) is 3.21. The second-order valence-electron chi connectivity index (χ2n) is 4.59. The largest absolute Gasteiger partial charge is 0.392 e. The van der Waals surface area contributed by atoms with Crippen LogP contribution in [0.4, 0.5) is 0 Å². The smallest absolute Gasteiger partial charge is 0.0695 e. The summed E-state index contributed by atoms with van der Waals surface area (Å²) in [5.41, 5.74) is 1.26. The van der Waals surface area contributed by atoms with Gasteiger partial charge >= 0.3 is 0 Å². The summed E-state index contributed by atoms with van der Waals surface area (Å²) in [7, 11) is 0. The molecule has 0 amide bonds. The van der Waals surface area contributed by atoms with Gasteiger partial charge in [0.25, 0.3) is 0 Å². The lowest BCUT2D eigenvalue weighted by molar-refractivity contribution is 0.0942. The van der Waals surface area contributed by atoms with Crippen molar-refractivity contribution in [2.24, 2.45) is 5.92 Å². The van der Waals surface area contributed by atoms with Gasteiger partial charge in [0.15, 0.2) is 0 Å². The highest BCUT2D eigenvalue weighted by Crippen LogP contribution is 2.32. The van der Waals surface area contributed by atoms with Gasteiger partial charge in [0.1, 0.15) is 0 Å². The van der Waals surface area contributed by atoms with Gasteiger partial charge in [-0.2, -0.15) is 0 Å². The minimum Gasteiger partial charge on any atom is -0.392 e. The Balaban J connectivity index is 1.85. The number of rotatable bonds is 6. The van der Waals surface area contributed by atoms with E-state index >= 15 is 0 Å². The highest BCUT2D eigenvalue weighted by molar-refractivity contribution is 5.09. The van der Waals surface area contributed by atoms with Gasteiger partial charge in [0.05, 0.1) is 6.10 Å². The molecule has 1 aromatic rings. The van der Waals surface area contributed by atoms with Crippen LogP contribution in [0.2, 0.25) is 0 Å². The first-order chi connectivity index (χ1) is 7.79. The number of pyridine rings is 1. The number of hydrogen-bond acceptors (Lipinski definition) is 3. The number of aliphatic hydroxyl groups excluding tert-OH is 1. The van der Waals surface area contributed by atoms with Gasteiger partial charge in [-0.15, -0.1) is 0 Å². The standard InChI is InChI=1S/C13H20N2O/c1-2-15(10-13(16)12-3-4-12)9-11-5-7-14-8-6-11/h5-8,12-13,16H,2-4,9-10H2,1H3. The van der Waals surface area contributed by atoms with Crippen LogP contribution in [0.15, 0.2) is 24.5 Å². The lowest BCUT2D eigenvalue weighted by Crippen LogP contribution is -2.33. The SMILES string of the molecule is CCN(Cc1ccncc1)CC(O)C1CC1. The van der Waals surface area contributed by atoms with Crippen molar-refractivity contribution in [2.75, 3.05) is 13.1 Å². The first-order valence-electron chi connectivity index (χ1n) is 6.09. The van der Waals surface area contributed by atoms with E-state index in [0.717, 1.165) is 19.6 Å². The monoisotopic (exact) mass is 220 g/mol. The van der Waals surface area contributed by atoms with E-state index < -0.39 is 0 Å². The van der Waals surface area contributed by atoms with E-state index in [1.807, 2.05) is 24.5 Å². The van der Waals surface area contributed by atoms with Crippen molar-refractivity contribution in [1.29, 1.82) is 0 Å². The van der Waals surface area contributed by atoms with Crippen molar-refractivity contribution in [2.45, 2.75) is 32.4 Å². The summed E-state index contributed by atoms with van der Waals surface area (Å²) in [5.74, 6) is 0.562. The third kappa shape index (κ3) is 3.29. The number of likely N-dealkylation sites (N-methyl/N-ethyl adjacent to an activating group) is 1. The van der Waals surface area contributed by atoms with Crippen LogP contribution in [0.3, 0.4) is 0 Å². The Kier molecular flexibility index (Phi) is 3.91. The fourth-order valence-corrected chi connectivity index (χ4v) is 1.95. The van der Waals surface area contributed by atoms with E-state index in [-0.39, 0.29) is 6.10 Å². The van der Waals surface area contributed by atoms with Crippen LogP contribution in [0, 0.1) is 5.92 Å². The molecule has 2 rings (SSSR count). The summed E-state index contributed by atoms with van der Waals surface area (Å²) in [6.07, 6.45) is 5.91. The van der Waals surface area contributed by atoms with Crippen molar-refractivity contribution >= 4 is 0 Å². The Hall–Kier alpha value is -0.930. The quantitative estimate of drug-likeness (QED) is 0.792. The molecule has 1 aliphatic rings. The van der Waals surface area contributed by atoms with E-state index in [4.69, 9.17) is 0 Å². The van der Waals surface area contributed by atoms with Gasteiger partial charge in [-0.05, 0) is 43.0 Å². The van der Waals surface area contributed by atoms with E-state index in [9.17, 15) is 5.11 Å². The number of nitrogens with zero attached hydrogens (tertiary/aromatic N) is 2. The molecule has 0 spiro atoms. The molecule has 1 aliphatic carbocycles. The van der Waals surface area contributed by atoms with Crippen molar-refractivity contribution in [3.8, 4) is 0 Å². The van der Waals surface area contributed by atoms with E-state index in [1.165, 1.54) is 18.4 Å². The van der Waals surface area contributed by atoms with Crippen LogP contribution in [0.25, 0.3) is 0 Å². The van der Waals surface area contributed by atoms with Crippen molar-refractivity contribution in [1.82, 2.24) is 9.88 Å². The molecule has 16 heavy (non-hydrogen) atoms. The van der Waals surface area contributed by atoms with Crippen molar-refractivity contribution < 1.29 is 5.11 Å². The molecule has 0 bridgehead atoms.